The van der Waals surface area contributed by atoms with Crippen molar-refractivity contribution < 1.29 is 4.70 Å². The average Bonchev–Trinajstić information content (AvgIpc) is 2.69. The molecule has 0 atom stereocenters. The molecule has 1 heterocycles. The van der Waals surface area contributed by atoms with Crippen molar-refractivity contribution in [3.63, 3.8) is 0 Å². The molecule has 4 heteroatoms. The predicted molar refractivity (Wildman–Crippen MR) is 100 cm³/mol. The van der Waals surface area contributed by atoms with Crippen LogP contribution in [0.2, 0.25) is 0 Å². The van der Waals surface area contributed by atoms with E-state index < -0.39 is 0 Å². The Kier molecular flexibility index (Phi) is 4.09. The van der Waals surface area contributed by atoms with E-state index in [0.29, 0.717) is 12.5 Å². The fraction of sp³-hybridized carbons (Fsp3) is 0.0952. The van der Waals surface area contributed by atoms with Crippen LogP contribution in [-0.2, 0) is 0 Å². The molecule has 25 heavy (non-hydrogen) atoms. The number of hydrogen-bond acceptors (Lipinski definition) is 3. The molecule has 0 unspecified atom stereocenters. The summed E-state index contributed by atoms with van der Waals surface area (Å²) >= 11 is 0. The van der Waals surface area contributed by atoms with Gasteiger partial charge in [0.2, 0.25) is 11.5 Å². The van der Waals surface area contributed by atoms with Gasteiger partial charge in [0, 0.05) is 22.8 Å². The average molecular weight is 327 g/mol. The molecule has 0 spiro atoms. The minimum absolute atomic E-state index is 0.573. The molecule has 3 aromatic rings. The van der Waals surface area contributed by atoms with Gasteiger partial charge in [0.1, 0.15) is 0 Å². The van der Waals surface area contributed by atoms with Gasteiger partial charge in [-0.3, -0.25) is 0 Å². The molecule has 0 bridgehead atoms. The van der Waals surface area contributed by atoms with E-state index >= 15 is 0 Å². The van der Waals surface area contributed by atoms with Crippen LogP contribution in [0.25, 0.3) is 0 Å². The topological polar surface area (TPSA) is 31.0 Å². The lowest BCUT2D eigenvalue weighted by Gasteiger charge is -2.20. The van der Waals surface area contributed by atoms with Gasteiger partial charge in [0.15, 0.2) is 0 Å². The Morgan fingerprint density at radius 1 is 0.800 bits per heavy atom. The zero-order chi connectivity index (χ0) is 17.1. The molecule has 3 aromatic carbocycles. The minimum atomic E-state index is 0.573. The van der Waals surface area contributed by atoms with Crippen LogP contribution in [0.1, 0.15) is 11.1 Å². The SMILES string of the molecule is Cc1ccc([N+]2=NC(c3ccccc3)=NN(c3ccccc3)C2)cc1. The molecule has 0 radical (unpaired) electrons. The molecule has 0 N–H and O–H groups in total. The van der Waals surface area contributed by atoms with Crippen LogP contribution in [0.3, 0.4) is 0 Å². The molecule has 1 aliphatic rings. The van der Waals surface area contributed by atoms with Crippen LogP contribution < -0.4 is 5.01 Å². The molecule has 122 valence electrons. The number of benzene rings is 3. The maximum Gasteiger partial charge on any atom is 0.269 e. The largest absolute Gasteiger partial charge is 0.269 e. The third-order valence-corrected chi connectivity index (χ3v) is 4.12. The third kappa shape index (κ3) is 3.33. The number of nitrogens with zero attached hydrogens (tertiary/aromatic N) is 4. The minimum Gasteiger partial charge on any atom is -0.201 e. The van der Waals surface area contributed by atoms with Gasteiger partial charge in [-0.05, 0) is 19.1 Å². The second-order valence-electron chi connectivity index (χ2n) is 6.00. The lowest BCUT2D eigenvalue weighted by atomic mass is 10.2. The lowest BCUT2D eigenvalue weighted by molar-refractivity contribution is -0.508. The van der Waals surface area contributed by atoms with Gasteiger partial charge in [0.25, 0.3) is 6.67 Å². The highest BCUT2D eigenvalue weighted by Gasteiger charge is 2.25. The number of amidine groups is 1. The zero-order valence-corrected chi connectivity index (χ0v) is 14.1. The van der Waals surface area contributed by atoms with Crippen LogP contribution in [0.4, 0.5) is 11.4 Å². The number of para-hydroxylation sites is 1. The number of azo groups is 2. The molecule has 4 nitrogen and oxygen atoms in total. The summed E-state index contributed by atoms with van der Waals surface area (Å²) in [4.78, 5) is 0. The molecule has 4 rings (SSSR count). The summed E-state index contributed by atoms with van der Waals surface area (Å²) < 4.78 is 1.99. The standard InChI is InChI=1S/C21H19N4/c1-17-12-14-20(15-13-17)25-16-24(19-10-6-3-7-11-19)22-21(23-25)18-8-4-2-5-9-18/h2-15H,16H2,1H3/q+1. The Labute approximate surface area is 147 Å². The predicted octanol–water partition coefficient (Wildman–Crippen LogP) is 4.93. The van der Waals surface area contributed by atoms with Crippen molar-refractivity contribution in [3.8, 4) is 0 Å². The summed E-state index contributed by atoms with van der Waals surface area (Å²) in [6.07, 6.45) is 0. The maximum absolute atomic E-state index is 4.77. The highest BCUT2D eigenvalue weighted by Crippen LogP contribution is 2.22. The number of aryl methyl sites for hydroxylation is 1. The van der Waals surface area contributed by atoms with Crippen LogP contribution >= 0.6 is 0 Å². The quantitative estimate of drug-likeness (QED) is 0.627. The van der Waals surface area contributed by atoms with Gasteiger partial charge in [0.05, 0.1) is 5.69 Å². The van der Waals surface area contributed by atoms with Crippen molar-refractivity contribution in [1.29, 1.82) is 0 Å². The number of hydrazone groups is 1. The Hall–Kier alpha value is -3.27. The Balaban J connectivity index is 1.78. The molecular weight excluding hydrogens is 308 g/mol. The molecule has 0 amide bonds. The highest BCUT2D eigenvalue weighted by atomic mass is 15.6. The van der Waals surface area contributed by atoms with Crippen LogP contribution in [0.15, 0.2) is 95.1 Å². The van der Waals surface area contributed by atoms with Crippen molar-refractivity contribution >= 4 is 17.2 Å². The highest BCUT2D eigenvalue weighted by molar-refractivity contribution is 5.99. The van der Waals surface area contributed by atoms with Crippen molar-refractivity contribution in [1.82, 2.24) is 0 Å². The maximum atomic E-state index is 4.77. The van der Waals surface area contributed by atoms with Crippen molar-refractivity contribution in [3.05, 3.63) is 96.1 Å². The van der Waals surface area contributed by atoms with E-state index in [9.17, 15) is 0 Å². The molecule has 0 aromatic heterocycles. The second kappa shape index (κ2) is 6.69. The van der Waals surface area contributed by atoms with Crippen molar-refractivity contribution in [2.45, 2.75) is 6.92 Å². The van der Waals surface area contributed by atoms with Crippen LogP contribution in [0, 0.1) is 6.92 Å². The summed E-state index contributed by atoms with van der Waals surface area (Å²) in [6.45, 7) is 2.66. The number of anilines is 1. The van der Waals surface area contributed by atoms with Gasteiger partial charge in [-0.1, -0.05) is 70.9 Å². The van der Waals surface area contributed by atoms with Gasteiger partial charge in [-0.25, -0.2) is 5.01 Å². The first kappa shape index (κ1) is 15.3. The van der Waals surface area contributed by atoms with E-state index in [-0.39, 0.29) is 0 Å². The Morgan fingerprint density at radius 3 is 2.12 bits per heavy atom. The first-order valence-electron chi connectivity index (χ1n) is 8.32. The molecule has 0 saturated heterocycles. The molecule has 1 aliphatic heterocycles. The zero-order valence-electron chi connectivity index (χ0n) is 14.1. The number of hydrogen-bond donors (Lipinski definition) is 0. The van der Waals surface area contributed by atoms with Crippen molar-refractivity contribution in [2.75, 3.05) is 11.7 Å². The monoisotopic (exact) mass is 327 g/mol. The molecule has 0 fully saturated rings. The fourth-order valence-electron chi connectivity index (χ4n) is 2.74. The van der Waals surface area contributed by atoms with Crippen LogP contribution in [-0.4, -0.2) is 17.2 Å². The van der Waals surface area contributed by atoms with Gasteiger partial charge in [-0.2, -0.15) is 0 Å². The molecule has 0 saturated carbocycles. The van der Waals surface area contributed by atoms with E-state index in [1.807, 2.05) is 58.2 Å². The Morgan fingerprint density at radius 2 is 1.44 bits per heavy atom. The third-order valence-electron chi connectivity index (χ3n) is 4.12. The van der Waals surface area contributed by atoms with Gasteiger partial charge in [-0.15, -0.1) is 5.10 Å². The normalized spacial score (nSPS) is 14.0. The summed E-state index contributed by atoms with van der Waals surface area (Å²) in [5.74, 6) is 0.705. The van der Waals surface area contributed by atoms with Gasteiger partial charge < -0.3 is 0 Å². The number of rotatable bonds is 3. The molecule has 0 aliphatic carbocycles. The van der Waals surface area contributed by atoms with Gasteiger partial charge >= 0.3 is 0 Å². The summed E-state index contributed by atoms with van der Waals surface area (Å²) in [7, 11) is 0. The first-order chi connectivity index (χ1) is 12.3. The summed E-state index contributed by atoms with van der Waals surface area (Å²) in [5, 5.41) is 11.5. The first-order valence-corrected chi connectivity index (χ1v) is 8.32. The second-order valence-corrected chi connectivity index (χ2v) is 6.00. The Bertz CT molecular complexity index is 913. The van der Waals surface area contributed by atoms with E-state index in [2.05, 4.69) is 43.3 Å². The van der Waals surface area contributed by atoms with E-state index in [1.165, 1.54) is 5.56 Å². The summed E-state index contributed by atoms with van der Waals surface area (Å²) in [5.41, 5.74) is 4.33. The van der Waals surface area contributed by atoms with E-state index in [4.69, 9.17) is 10.2 Å². The molecular formula is C21H19N4+. The lowest BCUT2D eigenvalue weighted by Crippen LogP contribution is -2.31. The van der Waals surface area contributed by atoms with Crippen molar-refractivity contribution in [2.24, 2.45) is 10.2 Å². The fourth-order valence-corrected chi connectivity index (χ4v) is 2.74. The van der Waals surface area contributed by atoms with E-state index in [1.54, 1.807) is 0 Å². The van der Waals surface area contributed by atoms with E-state index in [0.717, 1.165) is 16.9 Å². The summed E-state index contributed by atoms with van der Waals surface area (Å²) in [6, 6.07) is 28.6. The smallest absolute Gasteiger partial charge is 0.201 e. The van der Waals surface area contributed by atoms with Crippen LogP contribution in [0.5, 0.6) is 0 Å².